The lowest BCUT2D eigenvalue weighted by atomic mass is 10.0. The van der Waals surface area contributed by atoms with Crippen LogP contribution >= 0.6 is 0 Å². The number of para-hydroxylation sites is 1. The number of rotatable bonds is 5. The molecule has 0 radical (unpaired) electrons. The molecule has 0 fully saturated rings. The van der Waals surface area contributed by atoms with E-state index in [1.165, 1.54) is 5.56 Å². The van der Waals surface area contributed by atoms with Crippen LogP contribution in [-0.4, -0.2) is 5.11 Å². The summed E-state index contributed by atoms with van der Waals surface area (Å²) >= 11 is 0. The molecular formula is C17H20O2. The average molecular weight is 256 g/mol. The first kappa shape index (κ1) is 13.5. The van der Waals surface area contributed by atoms with Crippen LogP contribution in [0.1, 0.15) is 30.9 Å². The lowest BCUT2D eigenvalue weighted by Crippen LogP contribution is -1.94. The van der Waals surface area contributed by atoms with E-state index in [0.29, 0.717) is 5.75 Å². The molecular weight excluding hydrogens is 236 g/mol. The summed E-state index contributed by atoms with van der Waals surface area (Å²) in [6, 6.07) is 13.3. The Morgan fingerprint density at radius 3 is 2.47 bits per heavy atom. The highest BCUT2D eigenvalue weighted by atomic mass is 16.5. The van der Waals surface area contributed by atoms with Gasteiger partial charge in [-0.3, -0.25) is 0 Å². The first-order valence-corrected chi connectivity index (χ1v) is 6.76. The van der Waals surface area contributed by atoms with Crippen molar-refractivity contribution in [1.82, 2.24) is 0 Å². The second-order valence-electron chi connectivity index (χ2n) is 4.72. The van der Waals surface area contributed by atoms with Crippen molar-refractivity contribution in [2.24, 2.45) is 0 Å². The van der Waals surface area contributed by atoms with Gasteiger partial charge < -0.3 is 9.84 Å². The van der Waals surface area contributed by atoms with E-state index in [9.17, 15) is 5.11 Å². The fourth-order valence-corrected chi connectivity index (χ4v) is 2.09. The molecule has 0 aromatic heterocycles. The molecule has 0 aliphatic heterocycles. The number of hydrogen-bond acceptors (Lipinski definition) is 2. The van der Waals surface area contributed by atoms with Crippen LogP contribution in [0.3, 0.4) is 0 Å². The molecule has 2 heteroatoms. The molecule has 0 saturated heterocycles. The monoisotopic (exact) mass is 256 g/mol. The third-order valence-electron chi connectivity index (χ3n) is 3.26. The minimum atomic E-state index is 0.196. The number of phenolic OH excluding ortho intramolecular Hbond substituents is 1. The van der Waals surface area contributed by atoms with Crippen LogP contribution in [0.5, 0.6) is 17.2 Å². The first-order chi connectivity index (χ1) is 9.22. The number of phenols is 1. The van der Waals surface area contributed by atoms with Gasteiger partial charge in [0.15, 0.2) is 11.5 Å². The first-order valence-electron chi connectivity index (χ1n) is 6.76. The van der Waals surface area contributed by atoms with Crippen LogP contribution in [-0.2, 0) is 6.42 Å². The number of ether oxygens (including phenoxy) is 1. The fourth-order valence-electron chi connectivity index (χ4n) is 2.09. The van der Waals surface area contributed by atoms with Crippen molar-refractivity contribution in [2.75, 3.05) is 0 Å². The molecule has 100 valence electrons. The molecule has 2 aromatic carbocycles. The molecule has 19 heavy (non-hydrogen) atoms. The minimum absolute atomic E-state index is 0.196. The van der Waals surface area contributed by atoms with Gasteiger partial charge in [0, 0.05) is 0 Å². The van der Waals surface area contributed by atoms with Crippen molar-refractivity contribution in [3.05, 3.63) is 53.6 Å². The molecule has 0 saturated carbocycles. The molecule has 0 unspecified atom stereocenters. The summed E-state index contributed by atoms with van der Waals surface area (Å²) in [6.45, 7) is 4.18. The molecule has 1 N–H and O–H groups in total. The van der Waals surface area contributed by atoms with Crippen LogP contribution in [0.15, 0.2) is 42.5 Å². The summed E-state index contributed by atoms with van der Waals surface area (Å²) in [6.07, 6.45) is 3.33. The Labute approximate surface area is 114 Å². The van der Waals surface area contributed by atoms with Crippen molar-refractivity contribution in [1.29, 1.82) is 0 Å². The van der Waals surface area contributed by atoms with Gasteiger partial charge in [0.1, 0.15) is 5.75 Å². The van der Waals surface area contributed by atoms with Crippen molar-refractivity contribution < 1.29 is 9.84 Å². The average Bonchev–Trinajstić information content (AvgIpc) is 2.44. The molecule has 0 atom stereocenters. The summed E-state index contributed by atoms with van der Waals surface area (Å²) in [5.41, 5.74) is 2.27. The number of aryl methyl sites for hydroxylation is 1. The van der Waals surface area contributed by atoms with Gasteiger partial charge >= 0.3 is 0 Å². The fraction of sp³-hybridized carbons (Fsp3) is 0.294. The van der Waals surface area contributed by atoms with Crippen molar-refractivity contribution in [3.63, 3.8) is 0 Å². The molecule has 0 aliphatic carbocycles. The van der Waals surface area contributed by atoms with E-state index in [-0.39, 0.29) is 5.75 Å². The molecule has 2 nitrogen and oxygen atoms in total. The van der Waals surface area contributed by atoms with Crippen molar-refractivity contribution >= 4 is 0 Å². The zero-order chi connectivity index (χ0) is 13.7. The molecule has 2 aromatic rings. The van der Waals surface area contributed by atoms with Crippen molar-refractivity contribution in [2.45, 2.75) is 33.1 Å². The van der Waals surface area contributed by atoms with E-state index in [1.54, 1.807) is 6.07 Å². The van der Waals surface area contributed by atoms with E-state index in [1.807, 2.05) is 43.3 Å². The summed E-state index contributed by atoms with van der Waals surface area (Å²) in [4.78, 5) is 0. The Balaban J connectivity index is 2.28. The number of hydrogen-bond donors (Lipinski definition) is 1. The van der Waals surface area contributed by atoms with Crippen LogP contribution < -0.4 is 4.74 Å². The molecule has 2 rings (SSSR count). The Kier molecular flexibility index (Phi) is 4.45. The highest BCUT2D eigenvalue weighted by Crippen LogP contribution is 2.36. The maximum Gasteiger partial charge on any atom is 0.172 e. The molecule has 0 amide bonds. The lowest BCUT2D eigenvalue weighted by Gasteiger charge is -2.14. The molecule has 0 spiro atoms. The summed E-state index contributed by atoms with van der Waals surface area (Å²) in [5, 5.41) is 9.98. The van der Waals surface area contributed by atoms with Gasteiger partial charge in [-0.05, 0) is 49.1 Å². The van der Waals surface area contributed by atoms with E-state index in [0.717, 1.165) is 30.6 Å². The van der Waals surface area contributed by atoms with Crippen molar-refractivity contribution in [3.8, 4) is 17.2 Å². The number of aromatic hydroxyl groups is 1. The maximum atomic E-state index is 9.98. The maximum absolute atomic E-state index is 9.98. The smallest absolute Gasteiger partial charge is 0.172 e. The van der Waals surface area contributed by atoms with E-state index >= 15 is 0 Å². The SMILES string of the molecule is CCCCc1ccc(O)c(Oc2ccccc2)c1C. The van der Waals surface area contributed by atoms with Crippen LogP contribution in [0.2, 0.25) is 0 Å². The summed E-state index contributed by atoms with van der Waals surface area (Å²) in [5.74, 6) is 1.51. The molecule has 0 aliphatic rings. The quantitative estimate of drug-likeness (QED) is 0.829. The Hall–Kier alpha value is -1.96. The minimum Gasteiger partial charge on any atom is -0.504 e. The van der Waals surface area contributed by atoms with Crippen LogP contribution in [0.4, 0.5) is 0 Å². The predicted octanol–water partition coefficient (Wildman–Crippen LogP) is 4.84. The van der Waals surface area contributed by atoms with Gasteiger partial charge in [0.2, 0.25) is 0 Å². The topological polar surface area (TPSA) is 29.5 Å². The zero-order valence-corrected chi connectivity index (χ0v) is 11.5. The van der Waals surface area contributed by atoms with Gasteiger partial charge in [0.25, 0.3) is 0 Å². The van der Waals surface area contributed by atoms with Gasteiger partial charge in [-0.2, -0.15) is 0 Å². The predicted molar refractivity (Wildman–Crippen MR) is 78.0 cm³/mol. The second-order valence-corrected chi connectivity index (χ2v) is 4.72. The van der Waals surface area contributed by atoms with Crippen LogP contribution in [0.25, 0.3) is 0 Å². The Morgan fingerprint density at radius 2 is 1.79 bits per heavy atom. The normalized spacial score (nSPS) is 10.4. The molecule has 0 bridgehead atoms. The summed E-state index contributed by atoms with van der Waals surface area (Å²) in [7, 11) is 0. The van der Waals surface area contributed by atoms with Crippen LogP contribution in [0, 0.1) is 6.92 Å². The number of unbranched alkanes of at least 4 members (excludes halogenated alkanes) is 1. The highest BCUT2D eigenvalue weighted by Gasteiger charge is 2.11. The van der Waals surface area contributed by atoms with Gasteiger partial charge in [-0.1, -0.05) is 37.6 Å². The molecule has 0 heterocycles. The van der Waals surface area contributed by atoms with Gasteiger partial charge in [-0.15, -0.1) is 0 Å². The largest absolute Gasteiger partial charge is 0.504 e. The highest BCUT2D eigenvalue weighted by molar-refractivity contribution is 5.51. The third-order valence-corrected chi connectivity index (χ3v) is 3.26. The van der Waals surface area contributed by atoms with E-state index in [2.05, 4.69) is 6.92 Å². The third kappa shape index (κ3) is 3.28. The lowest BCUT2D eigenvalue weighted by molar-refractivity contribution is 0.408. The Morgan fingerprint density at radius 1 is 1.05 bits per heavy atom. The Bertz CT molecular complexity index is 532. The summed E-state index contributed by atoms with van der Waals surface area (Å²) < 4.78 is 5.81. The standard InChI is InChI=1S/C17H20O2/c1-3-4-8-14-11-12-16(18)17(13(14)2)19-15-9-6-5-7-10-15/h5-7,9-12,18H,3-4,8H2,1-2H3. The van der Waals surface area contributed by atoms with Gasteiger partial charge in [-0.25, -0.2) is 0 Å². The zero-order valence-electron chi connectivity index (χ0n) is 11.5. The van der Waals surface area contributed by atoms with E-state index in [4.69, 9.17) is 4.74 Å². The van der Waals surface area contributed by atoms with E-state index < -0.39 is 0 Å². The van der Waals surface area contributed by atoms with Gasteiger partial charge in [0.05, 0.1) is 0 Å². The second kappa shape index (κ2) is 6.28. The number of benzene rings is 2.